The van der Waals surface area contributed by atoms with Crippen LogP contribution < -0.4 is 0 Å². The van der Waals surface area contributed by atoms with Crippen molar-refractivity contribution in [2.75, 3.05) is 0 Å². The molecule has 1 amide bonds. The molecule has 1 aromatic carbocycles. The van der Waals surface area contributed by atoms with Gasteiger partial charge in [0.05, 0.1) is 6.42 Å². The van der Waals surface area contributed by atoms with Crippen LogP contribution in [-0.4, -0.2) is 27.8 Å². The van der Waals surface area contributed by atoms with E-state index in [0.717, 1.165) is 11.1 Å². The fourth-order valence-electron chi connectivity index (χ4n) is 2.37. The van der Waals surface area contributed by atoms with Gasteiger partial charge in [-0.1, -0.05) is 30.3 Å². The molecule has 5 nitrogen and oxygen atoms in total. The number of β-lactam (4-membered cyclic amide) rings is 1. The number of likely N-dealkylation sites (tertiary alicyclic amines) is 1. The lowest BCUT2D eigenvalue weighted by atomic mass is 10.0. The predicted molar refractivity (Wildman–Crippen MR) is 79.4 cm³/mol. The standard InChI is InChI=1S/C17H16N2O3/c20-16-10-15(19(16)11-13-6-8-18-9-7-13)17(21)22-12-14-4-2-1-3-5-14/h1-9,15H,10-12H2. The molecule has 1 unspecified atom stereocenters. The molecule has 1 aliphatic rings. The van der Waals surface area contributed by atoms with Crippen molar-refractivity contribution in [1.82, 2.24) is 9.88 Å². The van der Waals surface area contributed by atoms with Gasteiger partial charge in [-0.3, -0.25) is 9.78 Å². The lowest BCUT2D eigenvalue weighted by Crippen LogP contribution is -2.56. The van der Waals surface area contributed by atoms with Crippen molar-refractivity contribution in [3.8, 4) is 0 Å². The van der Waals surface area contributed by atoms with Gasteiger partial charge in [0.15, 0.2) is 0 Å². The first-order chi connectivity index (χ1) is 10.7. The number of rotatable bonds is 5. The number of amides is 1. The van der Waals surface area contributed by atoms with Crippen LogP contribution in [0, 0.1) is 0 Å². The average molecular weight is 296 g/mol. The molecule has 0 N–H and O–H groups in total. The van der Waals surface area contributed by atoms with E-state index in [1.807, 2.05) is 42.5 Å². The number of benzene rings is 1. The second-order valence-corrected chi connectivity index (χ2v) is 5.19. The highest BCUT2D eigenvalue weighted by atomic mass is 16.5. The van der Waals surface area contributed by atoms with Crippen LogP contribution in [0.25, 0.3) is 0 Å². The summed E-state index contributed by atoms with van der Waals surface area (Å²) in [5.41, 5.74) is 1.88. The molecule has 3 rings (SSSR count). The lowest BCUT2D eigenvalue weighted by molar-refractivity contribution is -0.167. The van der Waals surface area contributed by atoms with Crippen molar-refractivity contribution < 1.29 is 14.3 Å². The molecule has 0 radical (unpaired) electrons. The van der Waals surface area contributed by atoms with Crippen molar-refractivity contribution in [2.45, 2.75) is 25.6 Å². The Bertz CT molecular complexity index is 658. The SMILES string of the molecule is O=C(OCc1ccccc1)C1CC(=O)N1Cc1ccncc1. The van der Waals surface area contributed by atoms with Gasteiger partial charge < -0.3 is 9.64 Å². The van der Waals surface area contributed by atoms with E-state index < -0.39 is 6.04 Å². The monoisotopic (exact) mass is 296 g/mol. The maximum Gasteiger partial charge on any atom is 0.329 e. The highest BCUT2D eigenvalue weighted by molar-refractivity contribution is 5.94. The zero-order valence-corrected chi connectivity index (χ0v) is 12.0. The van der Waals surface area contributed by atoms with Crippen LogP contribution in [0.4, 0.5) is 0 Å². The molecule has 1 aliphatic heterocycles. The molecular weight excluding hydrogens is 280 g/mol. The van der Waals surface area contributed by atoms with Gasteiger partial charge >= 0.3 is 5.97 Å². The van der Waals surface area contributed by atoms with E-state index in [4.69, 9.17) is 4.74 Å². The van der Waals surface area contributed by atoms with Gasteiger partial charge in [-0.15, -0.1) is 0 Å². The van der Waals surface area contributed by atoms with Crippen molar-refractivity contribution in [2.24, 2.45) is 0 Å². The Morgan fingerprint density at radius 3 is 2.55 bits per heavy atom. The van der Waals surface area contributed by atoms with Crippen LogP contribution in [0.5, 0.6) is 0 Å². The second-order valence-electron chi connectivity index (χ2n) is 5.19. The molecule has 0 spiro atoms. The number of esters is 1. The molecule has 22 heavy (non-hydrogen) atoms. The summed E-state index contributed by atoms with van der Waals surface area (Å²) in [5.74, 6) is -0.379. The third kappa shape index (κ3) is 3.14. The third-order valence-corrected chi connectivity index (χ3v) is 3.66. The minimum absolute atomic E-state index is 0.0292. The Morgan fingerprint density at radius 2 is 1.86 bits per heavy atom. The molecule has 2 heterocycles. The maximum atomic E-state index is 12.1. The van der Waals surface area contributed by atoms with E-state index in [0.29, 0.717) is 6.54 Å². The minimum Gasteiger partial charge on any atom is -0.459 e. The zero-order valence-electron chi connectivity index (χ0n) is 12.0. The molecule has 5 heteroatoms. The molecule has 112 valence electrons. The summed E-state index contributed by atoms with van der Waals surface area (Å²) in [4.78, 5) is 29.3. The molecule has 1 saturated heterocycles. The van der Waals surface area contributed by atoms with Gasteiger partial charge in [0, 0.05) is 18.9 Å². The van der Waals surface area contributed by atoms with E-state index in [-0.39, 0.29) is 24.9 Å². The smallest absolute Gasteiger partial charge is 0.329 e. The predicted octanol–water partition coefficient (Wildman–Crippen LogP) is 1.93. The van der Waals surface area contributed by atoms with E-state index in [2.05, 4.69) is 4.98 Å². The summed E-state index contributed by atoms with van der Waals surface area (Å²) in [6, 6.07) is 12.7. The van der Waals surface area contributed by atoms with Crippen molar-refractivity contribution in [3.63, 3.8) is 0 Å². The fourth-order valence-corrected chi connectivity index (χ4v) is 2.37. The number of hydrogen-bond acceptors (Lipinski definition) is 4. The number of nitrogens with zero attached hydrogens (tertiary/aromatic N) is 2. The molecular formula is C17H16N2O3. The molecule has 1 fully saturated rings. The van der Waals surface area contributed by atoms with Crippen LogP contribution >= 0.6 is 0 Å². The topological polar surface area (TPSA) is 59.5 Å². The summed E-state index contributed by atoms with van der Waals surface area (Å²) in [7, 11) is 0. The summed E-state index contributed by atoms with van der Waals surface area (Å²) < 4.78 is 5.30. The Morgan fingerprint density at radius 1 is 1.14 bits per heavy atom. The molecule has 1 atom stereocenters. The quantitative estimate of drug-likeness (QED) is 0.625. The van der Waals surface area contributed by atoms with Crippen molar-refractivity contribution >= 4 is 11.9 Å². The summed E-state index contributed by atoms with van der Waals surface area (Å²) in [6.45, 7) is 0.639. The summed E-state index contributed by atoms with van der Waals surface area (Å²) in [5, 5.41) is 0. The minimum atomic E-state index is -0.482. The van der Waals surface area contributed by atoms with E-state index >= 15 is 0 Å². The maximum absolute atomic E-state index is 12.1. The number of hydrogen-bond donors (Lipinski definition) is 0. The summed E-state index contributed by atoms with van der Waals surface area (Å²) in [6.07, 6.45) is 3.56. The van der Waals surface area contributed by atoms with Crippen LogP contribution in [-0.2, 0) is 27.5 Å². The van der Waals surface area contributed by atoms with Crippen LogP contribution in [0.2, 0.25) is 0 Å². The van der Waals surface area contributed by atoms with Crippen molar-refractivity contribution in [1.29, 1.82) is 0 Å². The number of carbonyl (C=O) groups is 2. The Balaban J connectivity index is 1.57. The normalized spacial score (nSPS) is 17.0. The zero-order chi connectivity index (χ0) is 15.4. The second kappa shape index (κ2) is 6.39. The number of ether oxygens (including phenoxy) is 1. The van der Waals surface area contributed by atoms with Gasteiger partial charge in [0.1, 0.15) is 12.6 Å². The van der Waals surface area contributed by atoms with Gasteiger partial charge in [0.2, 0.25) is 5.91 Å². The largest absolute Gasteiger partial charge is 0.459 e. The Hall–Kier alpha value is -2.69. The fraction of sp³-hybridized carbons (Fsp3) is 0.235. The van der Waals surface area contributed by atoms with E-state index in [9.17, 15) is 9.59 Å². The summed E-state index contributed by atoms with van der Waals surface area (Å²) >= 11 is 0. The first-order valence-corrected chi connectivity index (χ1v) is 7.13. The van der Waals surface area contributed by atoms with Crippen LogP contribution in [0.15, 0.2) is 54.9 Å². The van der Waals surface area contributed by atoms with Gasteiger partial charge in [0.25, 0.3) is 0 Å². The number of carbonyl (C=O) groups excluding carboxylic acids is 2. The third-order valence-electron chi connectivity index (χ3n) is 3.66. The lowest BCUT2D eigenvalue weighted by Gasteiger charge is -2.38. The first kappa shape index (κ1) is 14.3. The highest BCUT2D eigenvalue weighted by Crippen LogP contribution is 2.23. The molecule has 0 saturated carbocycles. The van der Waals surface area contributed by atoms with E-state index in [1.54, 1.807) is 17.3 Å². The number of aromatic nitrogens is 1. The van der Waals surface area contributed by atoms with Gasteiger partial charge in [-0.25, -0.2) is 4.79 Å². The van der Waals surface area contributed by atoms with Crippen molar-refractivity contribution in [3.05, 3.63) is 66.0 Å². The first-order valence-electron chi connectivity index (χ1n) is 7.13. The Kier molecular flexibility index (Phi) is 4.14. The van der Waals surface area contributed by atoms with Gasteiger partial charge in [-0.05, 0) is 23.3 Å². The average Bonchev–Trinajstić information content (AvgIpc) is 2.57. The van der Waals surface area contributed by atoms with Gasteiger partial charge in [-0.2, -0.15) is 0 Å². The Labute approximate surface area is 128 Å². The molecule has 2 aromatic rings. The number of pyridine rings is 1. The van der Waals surface area contributed by atoms with Crippen LogP contribution in [0.3, 0.4) is 0 Å². The molecule has 1 aromatic heterocycles. The molecule has 0 bridgehead atoms. The van der Waals surface area contributed by atoms with Crippen LogP contribution in [0.1, 0.15) is 17.5 Å². The molecule has 0 aliphatic carbocycles. The highest BCUT2D eigenvalue weighted by Gasteiger charge is 2.42. The van der Waals surface area contributed by atoms with E-state index in [1.165, 1.54) is 0 Å².